The SMILES string of the molecule is C[Si](C)(C)CCS(=O)(=O)N(CCOCc1ccccc1)S(=O)(=O)CC[Si](C)(C)C. The fraction of sp³-hybridized carbons (Fsp3) is 0.684. The van der Waals surface area contributed by atoms with Crippen molar-refractivity contribution in [1.29, 1.82) is 0 Å². The fourth-order valence-corrected chi connectivity index (χ4v) is 12.3. The number of hydrogen-bond acceptors (Lipinski definition) is 5. The monoisotopic (exact) mass is 479 g/mol. The van der Waals surface area contributed by atoms with E-state index in [9.17, 15) is 16.8 Å². The predicted molar refractivity (Wildman–Crippen MR) is 127 cm³/mol. The lowest BCUT2D eigenvalue weighted by molar-refractivity contribution is 0.118. The number of benzene rings is 1. The highest BCUT2D eigenvalue weighted by molar-refractivity contribution is 8.04. The fourth-order valence-electron chi connectivity index (χ4n) is 2.43. The van der Waals surface area contributed by atoms with Gasteiger partial charge in [0.05, 0.1) is 31.3 Å². The standard InChI is InChI=1S/C19H37NO5S2Si2/c1-28(2,3)16-14-26(21,22)20(27(23,24)15-17-29(4,5)6)12-13-25-18-19-10-8-7-9-11-19/h7-11H,12-18H2,1-6H3. The third kappa shape index (κ3) is 10.9. The molecule has 1 rings (SSSR count). The third-order valence-corrected chi connectivity index (χ3v) is 13.0. The molecule has 0 aliphatic carbocycles. The van der Waals surface area contributed by atoms with E-state index in [0.717, 1.165) is 5.56 Å². The Kier molecular flexibility index (Phi) is 9.76. The Hall–Kier alpha value is -0.526. The summed E-state index contributed by atoms with van der Waals surface area (Å²) in [7, 11) is -11.1. The van der Waals surface area contributed by atoms with Gasteiger partial charge in [0.2, 0.25) is 20.0 Å². The van der Waals surface area contributed by atoms with E-state index in [1.54, 1.807) is 0 Å². The second-order valence-electron chi connectivity index (χ2n) is 9.79. The zero-order valence-electron chi connectivity index (χ0n) is 18.6. The molecule has 0 spiro atoms. The van der Waals surface area contributed by atoms with Gasteiger partial charge in [0.15, 0.2) is 0 Å². The Labute approximate surface area is 179 Å². The van der Waals surface area contributed by atoms with Gasteiger partial charge in [0, 0.05) is 16.1 Å². The van der Waals surface area contributed by atoms with Crippen LogP contribution in [0.5, 0.6) is 0 Å². The molecular weight excluding hydrogens is 443 g/mol. The van der Waals surface area contributed by atoms with E-state index in [-0.39, 0.29) is 24.7 Å². The molecule has 0 aliphatic rings. The van der Waals surface area contributed by atoms with Gasteiger partial charge in [-0.1, -0.05) is 73.3 Å². The zero-order valence-corrected chi connectivity index (χ0v) is 22.3. The Balaban J connectivity index is 2.89. The van der Waals surface area contributed by atoms with E-state index >= 15 is 0 Å². The summed E-state index contributed by atoms with van der Waals surface area (Å²) in [6.45, 7) is 12.7. The lowest BCUT2D eigenvalue weighted by Gasteiger charge is -2.25. The van der Waals surface area contributed by atoms with E-state index in [0.29, 0.717) is 22.4 Å². The lowest BCUT2D eigenvalue weighted by Crippen LogP contribution is -2.43. The van der Waals surface area contributed by atoms with Crippen molar-refractivity contribution < 1.29 is 21.6 Å². The summed E-state index contributed by atoms with van der Waals surface area (Å²) >= 11 is 0. The molecule has 0 bridgehead atoms. The van der Waals surface area contributed by atoms with Crippen LogP contribution in [0.4, 0.5) is 0 Å². The first-order valence-electron chi connectivity index (χ1n) is 9.97. The second kappa shape index (κ2) is 10.7. The van der Waals surface area contributed by atoms with Gasteiger partial charge in [-0.15, -0.1) is 0 Å². The largest absolute Gasteiger partial charge is 0.375 e. The minimum absolute atomic E-state index is 0.0350. The Morgan fingerprint density at radius 3 is 1.66 bits per heavy atom. The minimum atomic E-state index is -3.91. The Bertz CT molecular complexity index is 782. The van der Waals surface area contributed by atoms with Gasteiger partial charge in [-0.3, -0.25) is 0 Å². The Morgan fingerprint density at radius 2 is 1.24 bits per heavy atom. The van der Waals surface area contributed by atoms with E-state index in [1.165, 1.54) is 0 Å². The van der Waals surface area contributed by atoms with Gasteiger partial charge in [-0.05, 0) is 17.7 Å². The summed E-state index contributed by atoms with van der Waals surface area (Å²) in [5.74, 6) is -0.263. The van der Waals surface area contributed by atoms with Crippen LogP contribution in [-0.4, -0.2) is 61.4 Å². The molecule has 0 amide bonds. The van der Waals surface area contributed by atoms with Crippen molar-refractivity contribution in [2.45, 2.75) is 58.0 Å². The van der Waals surface area contributed by atoms with Crippen molar-refractivity contribution in [3.8, 4) is 0 Å². The first-order valence-corrected chi connectivity index (χ1v) is 20.6. The molecule has 0 heterocycles. The van der Waals surface area contributed by atoms with Crippen LogP contribution in [0.15, 0.2) is 30.3 Å². The van der Waals surface area contributed by atoms with Crippen LogP contribution in [0.1, 0.15) is 5.56 Å². The summed E-state index contributed by atoms with van der Waals surface area (Å²) in [6.07, 6.45) is 0. The van der Waals surface area contributed by atoms with Crippen LogP contribution in [-0.2, 0) is 31.4 Å². The molecule has 0 aliphatic heterocycles. The van der Waals surface area contributed by atoms with Crippen LogP contribution in [0.25, 0.3) is 0 Å². The summed E-state index contributed by atoms with van der Waals surface area (Å²) in [5, 5.41) is 0. The molecule has 0 saturated heterocycles. The molecule has 1 aromatic carbocycles. The summed E-state index contributed by atoms with van der Waals surface area (Å²) in [5.41, 5.74) is 0.960. The van der Waals surface area contributed by atoms with Gasteiger partial charge in [-0.25, -0.2) is 16.8 Å². The van der Waals surface area contributed by atoms with Gasteiger partial charge in [0.1, 0.15) is 0 Å². The molecule has 0 fully saturated rings. The van der Waals surface area contributed by atoms with Gasteiger partial charge in [-0.2, -0.15) is 0 Å². The molecule has 29 heavy (non-hydrogen) atoms. The second-order valence-corrected chi connectivity index (χ2v) is 25.3. The van der Waals surface area contributed by atoms with E-state index in [4.69, 9.17) is 4.74 Å². The van der Waals surface area contributed by atoms with Crippen LogP contribution < -0.4 is 0 Å². The van der Waals surface area contributed by atoms with E-state index < -0.39 is 36.2 Å². The number of sulfonamides is 2. The van der Waals surface area contributed by atoms with Gasteiger partial charge >= 0.3 is 0 Å². The maximum Gasteiger partial charge on any atom is 0.226 e. The van der Waals surface area contributed by atoms with Crippen molar-refractivity contribution in [3.05, 3.63) is 35.9 Å². The maximum absolute atomic E-state index is 12.9. The zero-order chi connectivity index (χ0) is 22.3. The number of hydrogen-bond donors (Lipinski definition) is 0. The van der Waals surface area contributed by atoms with Crippen molar-refractivity contribution in [1.82, 2.24) is 3.71 Å². The molecule has 168 valence electrons. The molecule has 0 unspecified atom stereocenters. The molecular formula is C19H37NO5S2Si2. The van der Waals surface area contributed by atoms with Crippen molar-refractivity contribution in [3.63, 3.8) is 0 Å². The smallest absolute Gasteiger partial charge is 0.226 e. The highest BCUT2D eigenvalue weighted by Gasteiger charge is 2.35. The summed E-state index contributed by atoms with van der Waals surface area (Å²) in [4.78, 5) is 0. The molecule has 0 saturated carbocycles. The third-order valence-electron chi connectivity index (χ3n) is 4.37. The van der Waals surface area contributed by atoms with Gasteiger partial charge < -0.3 is 4.74 Å². The number of ether oxygens (including phenoxy) is 1. The quantitative estimate of drug-likeness (QED) is 0.317. The lowest BCUT2D eigenvalue weighted by atomic mass is 10.2. The van der Waals surface area contributed by atoms with Crippen LogP contribution in [0, 0.1) is 0 Å². The average molecular weight is 480 g/mol. The molecule has 0 aromatic heterocycles. The molecule has 0 atom stereocenters. The van der Waals surface area contributed by atoms with Crippen molar-refractivity contribution >= 4 is 36.2 Å². The molecule has 0 N–H and O–H groups in total. The number of rotatable bonds is 13. The van der Waals surface area contributed by atoms with E-state index in [2.05, 4.69) is 39.3 Å². The topological polar surface area (TPSA) is 80.8 Å². The van der Waals surface area contributed by atoms with Crippen LogP contribution in [0.2, 0.25) is 51.4 Å². The highest BCUT2D eigenvalue weighted by atomic mass is 32.3. The first-order chi connectivity index (χ1) is 13.1. The average Bonchev–Trinajstić information content (AvgIpc) is 2.58. The first kappa shape index (κ1) is 26.5. The summed E-state index contributed by atoms with van der Waals surface area (Å²) < 4.78 is 58.0. The molecule has 0 radical (unpaired) electrons. The Morgan fingerprint density at radius 1 is 0.793 bits per heavy atom. The van der Waals surface area contributed by atoms with Crippen LogP contribution >= 0.6 is 0 Å². The molecule has 10 heteroatoms. The summed E-state index contributed by atoms with van der Waals surface area (Å²) in [6, 6.07) is 10.6. The highest BCUT2D eigenvalue weighted by Crippen LogP contribution is 2.19. The van der Waals surface area contributed by atoms with Gasteiger partial charge in [0.25, 0.3) is 0 Å². The molecule has 6 nitrogen and oxygen atoms in total. The van der Waals surface area contributed by atoms with Crippen LogP contribution in [0.3, 0.4) is 0 Å². The van der Waals surface area contributed by atoms with E-state index in [1.807, 2.05) is 30.3 Å². The molecule has 1 aromatic rings. The normalized spacial score (nSPS) is 13.8. The minimum Gasteiger partial charge on any atom is -0.375 e. The number of nitrogens with zero attached hydrogens (tertiary/aromatic N) is 1. The van der Waals surface area contributed by atoms with Crippen molar-refractivity contribution in [2.24, 2.45) is 0 Å². The van der Waals surface area contributed by atoms with Crippen molar-refractivity contribution in [2.75, 3.05) is 24.7 Å². The maximum atomic E-state index is 12.9. The predicted octanol–water partition coefficient (Wildman–Crippen LogP) is 3.84.